The van der Waals surface area contributed by atoms with Crippen molar-refractivity contribution in [2.24, 2.45) is 5.73 Å². The van der Waals surface area contributed by atoms with E-state index in [1.807, 2.05) is 24.5 Å². The van der Waals surface area contributed by atoms with Gasteiger partial charge in [-0.05, 0) is 48.4 Å². The van der Waals surface area contributed by atoms with E-state index in [2.05, 4.69) is 51.1 Å². The molecule has 3 nitrogen and oxygen atoms in total. The minimum Gasteiger partial charge on any atom is -0.370 e. The average Bonchev–Trinajstić information content (AvgIpc) is 2.42. The molecule has 0 unspecified atom stereocenters. The lowest BCUT2D eigenvalue weighted by Crippen LogP contribution is -2.19. The molecule has 100 valence electrons. The summed E-state index contributed by atoms with van der Waals surface area (Å²) in [6.07, 6.45) is 4.54. The maximum atomic E-state index is 5.68. The molecule has 0 radical (unpaired) electrons. The van der Waals surface area contributed by atoms with E-state index < -0.39 is 0 Å². The number of anilines is 1. The van der Waals surface area contributed by atoms with Crippen molar-refractivity contribution in [3.8, 4) is 0 Å². The number of benzene rings is 1. The van der Waals surface area contributed by atoms with Crippen LogP contribution in [0.1, 0.15) is 11.1 Å². The average molecular weight is 320 g/mol. The second-order valence-corrected chi connectivity index (χ2v) is 5.44. The Balaban J connectivity index is 2.22. The van der Waals surface area contributed by atoms with E-state index in [-0.39, 0.29) is 0 Å². The second kappa shape index (κ2) is 6.68. The minimum absolute atomic E-state index is 0.664. The van der Waals surface area contributed by atoms with Crippen LogP contribution in [0.25, 0.3) is 0 Å². The van der Waals surface area contributed by atoms with Gasteiger partial charge in [-0.2, -0.15) is 0 Å². The van der Waals surface area contributed by atoms with Crippen molar-refractivity contribution >= 4 is 21.6 Å². The van der Waals surface area contributed by atoms with Gasteiger partial charge in [0.2, 0.25) is 0 Å². The molecular weight excluding hydrogens is 302 g/mol. The number of rotatable bonds is 5. The van der Waals surface area contributed by atoms with Crippen LogP contribution in [0.3, 0.4) is 0 Å². The Morgan fingerprint density at radius 1 is 1.21 bits per heavy atom. The number of hydrogen-bond donors (Lipinski definition) is 1. The molecule has 2 rings (SSSR count). The van der Waals surface area contributed by atoms with Gasteiger partial charge in [-0.1, -0.05) is 22.0 Å². The van der Waals surface area contributed by atoms with E-state index in [4.69, 9.17) is 5.73 Å². The highest BCUT2D eigenvalue weighted by atomic mass is 79.9. The first-order valence-corrected chi connectivity index (χ1v) is 7.08. The summed E-state index contributed by atoms with van der Waals surface area (Å²) in [6.45, 7) is 1.52. The summed E-state index contributed by atoms with van der Waals surface area (Å²) in [4.78, 5) is 6.29. The summed E-state index contributed by atoms with van der Waals surface area (Å²) in [5.41, 5.74) is 9.43. The topological polar surface area (TPSA) is 42.2 Å². The number of pyridine rings is 1. The van der Waals surface area contributed by atoms with Gasteiger partial charge in [0.15, 0.2) is 0 Å². The highest BCUT2D eigenvalue weighted by Gasteiger charge is 2.08. The molecule has 2 N–H and O–H groups in total. The Morgan fingerprint density at radius 2 is 1.95 bits per heavy atom. The molecule has 0 aliphatic rings. The Morgan fingerprint density at radius 3 is 2.63 bits per heavy atom. The van der Waals surface area contributed by atoms with E-state index in [0.717, 1.165) is 17.4 Å². The fourth-order valence-electron chi connectivity index (χ4n) is 2.11. The Kier molecular flexibility index (Phi) is 4.93. The number of aromatic nitrogens is 1. The van der Waals surface area contributed by atoms with Crippen LogP contribution in [0.4, 0.5) is 5.69 Å². The maximum Gasteiger partial charge on any atom is 0.0427 e. The summed E-state index contributed by atoms with van der Waals surface area (Å²) in [5, 5.41) is 0. The van der Waals surface area contributed by atoms with Crippen molar-refractivity contribution in [1.82, 2.24) is 4.98 Å². The van der Waals surface area contributed by atoms with E-state index in [9.17, 15) is 0 Å². The molecule has 0 bridgehead atoms. The second-order valence-electron chi connectivity index (χ2n) is 4.52. The first kappa shape index (κ1) is 14.0. The molecule has 1 aromatic heterocycles. The smallest absolute Gasteiger partial charge is 0.0427 e. The summed E-state index contributed by atoms with van der Waals surface area (Å²) in [5.74, 6) is 0. The predicted molar refractivity (Wildman–Crippen MR) is 83.2 cm³/mol. The van der Waals surface area contributed by atoms with Crippen LogP contribution in [0.5, 0.6) is 0 Å². The summed E-state index contributed by atoms with van der Waals surface area (Å²) in [7, 11) is 2.10. The Hall–Kier alpha value is -1.39. The number of halogens is 1. The molecule has 0 saturated carbocycles. The summed E-state index contributed by atoms with van der Waals surface area (Å²) < 4.78 is 1.09. The van der Waals surface area contributed by atoms with E-state index in [1.165, 1.54) is 16.8 Å². The lowest BCUT2D eigenvalue weighted by molar-refractivity contribution is 0.890. The van der Waals surface area contributed by atoms with Crippen LogP contribution in [0.2, 0.25) is 0 Å². The minimum atomic E-state index is 0.664. The van der Waals surface area contributed by atoms with Crippen molar-refractivity contribution in [2.45, 2.75) is 13.0 Å². The fraction of sp³-hybridized carbons (Fsp3) is 0.267. The molecule has 0 aliphatic heterocycles. The van der Waals surface area contributed by atoms with Crippen molar-refractivity contribution < 1.29 is 0 Å². The quantitative estimate of drug-likeness (QED) is 0.921. The zero-order valence-corrected chi connectivity index (χ0v) is 12.6. The molecule has 1 heterocycles. The van der Waals surface area contributed by atoms with Crippen molar-refractivity contribution in [2.75, 3.05) is 18.5 Å². The molecule has 1 aromatic carbocycles. The molecule has 19 heavy (non-hydrogen) atoms. The number of nitrogens with two attached hydrogens (primary N) is 1. The van der Waals surface area contributed by atoms with Crippen molar-refractivity contribution in [1.29, 1.82) is 0 Å². The van der Waals surface area contributed by atoms with Crippen LogP contribution in [-0.4, -0.2) is 18.6 Å². The van der Waals surface area contributed by atoms with E-state index in [0.29, 0.717) is 6.54 Å². The van der Waals surface area contributed by atoms with Gasteiger partial charge in [0.05, 0.1) is 0 Å². The molecule has 0 aliphatic carbocycles. The summed E-state index contributed by atoms with van der Waals surface area (Å²) in [6, 6.07) is 10.4. The monoisotopic (exact) mass is 319 g/mol. The highest BCUT2D eigenvalue weighted by Crippen LogP contribution is 2.25. The SMILES string of the molecule is CN(Cc1ccncc1)c1cc(Br)ccc1CCN. The van der Waals surface area contributed by atoms with Crippen LogP contribution in [-0.2, 0) is 13.0 Å². The van der Waals surface area contributed by atoms with Crippen molar-refractivity contribution in [3.63, 3.8) is 0 Å². The predicted octanol–water partition coefficient (Wildman–Crippen LogP) is 2.98. The molecular formula is C15H18BrN3. The molecule has 0 amide bonds. The molecule has 0 saturated heterocycles. The molecule has 4 heteroatoms. The third-order valence-corrected chi connectivity index (χ3v) is 3.53. The van der Waals surface area contributed by atoms with Crippen LogP contribution >= 0.6 is 15.9 Å². The van der Waals surface area contributed by atoms with Gasteiger partial charge in [0.25, 0.3) is 0 Å². The first-order chi connectivity index (χ1) is 9.20. The molecule has 2 aromatic rings. The van der Waals surface area contributed by atoms with Crippen LogP contribution in [0, 0.1) is 0 Å². The van der Waals surface area contributed by atoms with E-state index >= 15 is 0 Å². The lowest BCUT2D eigenvalue weighted by atomic mass is 10.1. The number of nitrogens with zero attached hydrogens (tertiary/aromatic N) is 2. The van der Waals surface area contributed by atoms with Crippen molar-refractivity contribution in [3.05, 3.63) is 58.3 Å². The van der Waals surface area contributed by atoms with Gasteiger partial charge < -0.3 is 10.6 Å². The Bertz CT molecular complexity index is 528. The zero-order valence-electron chi connectivity index (χ0n) is 11.0. The third kappa shape index (κ3) is 3.78. The molecule has 0 fully saturated rings. The van der Waals surface area contributed by atoms with Gasteiger partial charge >= 0.3 is 0 Å². The van der Waals surface area contributed by atoms with E-state index in [1.54, 1.807) is 0 Å². The largest absolute Gasteiger partial charge is 0.370 e. The maximum absolute atomic E-state index is 5.68. The Labute approximate surface area is 122 Å². The van der Waals surface area contributed by atoms with Gasteiger partial charge in [0, 0.05) is 36.1 Å². The molecule has 0 atom stereocenters. The highest BCUT2D eigenvalue weighted by molar-refractivity contribution is 9.10. The molecule has 0 spiro atoms. The zero-order chi connectivity index (χ0) is 13.7. The van der Waals surface area contributed by atoms with Crippen LogP contribution < -0.4 is 10.6 Å². The standard InChI is InChI=1S/C15H18BrN3/c1-19(11-12-5-8-18-9-6-12)15-10-14(16)3-2-13(15)4-7-17/h2-3,5-6,8-10H,4,7,11,17H2,1H3. The van der Waals surface area contributed by atoms with Gasteiger partial charge in [-0.25, -0.2) is 0 Å². The van der Waals surface area contributed by atoms with Gasteiger partial charge in [-0.3, -0.25) is 4.98 Å². The van der Waals surface area contributed by atoms with Crippen LogP contribution in [0.15, 0.2) is 47.2 Å². The number of hydrogen-bond acceptors (Lipinski definition) is 3. The van der Waals surface area contributed by atoms with Gasteiger partial charge in [0.1, 0.15) is 0 Å². The normalized spacial score (nSPS) is 10.5. The lowest BCUT2D eigenvalue weighted by Gasteiger charge is -2.23. The fourth-order valence-corrected chi connectivity index (χ4v) is 2.46. The van der Waals surface area contributed by atoms with Gasteiger partial charge in [-0.15, -0.1) is 0 Å². The first-order valence-electron chi connectivity index (χ1n) is 6.29. The summed E-state index contributed by atoms with van der Waals surface area (Å²) >= 11 is 3.53. The third-order valence-electron chi connectivity index (χ3n) is 3.04.